The molecule has 4 N–H and O–H groups in total. The van der Waals surface area contributed by atoms with Crippen LogP contribution in [0, 0.1) is 35.5 Å². The predicted molar refractivity (Wildman–Crippen MR) is 280 cm³/mol. The summed E-state index contributed by atoms with van der Waals surface area (Å²) in [7, 11) is 5.76. The second kappa shape index (κ2) is 21.4. The van der Waals surface area contributed by atoms with Crippen LogP contribution in [0.1, 0.15) is 176 Å². The first kappa shape index (κ1) is 50.9. The Bertz CT molecular complexity index is 2690. The Balaban J connectivity index is 0.811. The summed E-state index contributed by atoms with van der Waals surface area (Å²) in [6.07, 6.45) is 17.9. The lowest BCUT2D eigenvalue weighted by atomic mass is 9.69. The average Bonchev–Trinajstić information content (AvgIpc) is 4.28. The highest BCUT2D eigenvalue weighted by molar-refractivity contribution is 5.88. The van der Waals surface area contributed by atoms with Crippen molar-refractivity contribution in [1.29, 1.82) is 0 Å². The van der Waals surface area contributed by atoms with Crippen LogP contribution in [0.5, 0.6) is 0 Å². The number of nitrogens with one attached hydrogen (secondary N) is 4. The van der Waals surface area contributed by atoms with Gasteiger partial charge < -0.3 is 49.3 Å². The predicted octanol–water partition coefficient (Wildman–Crippen LogP) is 10.1. The molecule has 2 aromatic carbocycles. The Hall–Kier alpha value is -5.22. The number of amides is 4. The number of alkyl carbamates (subject to hydrolysis) is 2. The normalized spacial score (nSPS) is 32.4. The van der Waals surface area contributed by atoms with E-state index in [1.165, 1.54) is 76.7 Å². The van der Waals surface area contributed by atoms with E-state index >= 15 is 0 Å². The second-order valence-electron chi connectivity index (χ2n) is 23.6. The van der Waals surface area contributed by atoms with Crippen molar-refractivity contribution in [3.05, 3.63) is 59.2 Å². The fraction of sp³-hybridized carbons (Fsp3) is 0.690. The molecule has 8 fully saturated rings. The topological polar surface area (TPSA) is 193 Å². The van der Waals surface area contributed by atoms with Gasteiger partial charge in [-0.3, -0.25) is 9.59 Å². The number of carbonyl (C=O) groups excluding carboxylic acids is 4. The summed E-state index contributed by atoms with van der Waals surface area (Å²) in [5, 5.41) is 5.57. The first-order valence-electron chi connectivity index (χ1n) is 28.3. The zero-order valence-electron chi connectivity index (χ0n) is 44.5. The van der Waals surface area contributed by atoms with Gasteiger partial charge in [-0.15, -0.1) is 0 Å². The first-order valence-corrected chi connectivity index (χ1v) is 28.3. The molecule has 16 atom stereocenters. The van der Waals surface area contributed by atoms with Crippen molar-refractivity contribution in [3.8, 4) is 0 Å². The molecule has 0 radical (unpaired) electrons. The maximum Gasteiger partial charge on any atom is 0.407 e. The molecule has 2 bridgehead atoms. The Morgan fingerprint density at radius 1 is 0.554 bits per heavy atom. The molecule has 16 nitrogen and oxygen atoms in total. The highest BCUT2D eigenvalue weighted by Gasteiger charge is 2.51. The summed E-state index contributed by atoms with van der Waals surface area (Å²) < 4.78 is 21.1. The number of fused-ring (bicyclic) bond motifs is 7. The summed E-state index contributed by atoms with van der Waals surface area (Å²) in [5.41, 5.74) is 6.73. The molecule has 16 heteroatoms. The van der Waals surface area contributed by atoms with E-state index in [2.05, 4.69) is 57.0 Å². The number of hydrogen-bond acceptors (Lipinski definition) is 10. The van der Waals surface area contributed by atoms with Crippen LogP contribution in [0.25, 0.3) is 22.1 Å². The molecule has 2 saturated heterocycles. The summed E-state index contributed by atoms with van der Waals surface area (Å²) in [5.74, 6) is 5.77. The fourth-order valence-electron chi connectivity index (χ4n) is 16.1. The molecule has 4 heterocycles. The number of aromatic nitrogens is 4. The van der Waals surface area contributed by atoms with E-state index < -0.39 is 36.5 Å². The lowest BCUT2D eigenvalue weighted by Gasteiger charge is -2.37. The Morgan fingerprint density at radius 2 is 1.04 bits per heavy atom. The first-order chi connectivity index (χ1) is 35.9. The van der Waals surface area contributed by atoms with E-state index in [9.17, 15) is 19.2 Å². The third-order valence-electron chi connectivity index (χ3n) is 19.9. The number of rotatable bonds is 12. The van der Waals surface area contributed by atoms with Gasteiger partial charge in [0.05, 0.1) is 60.6 Å². The van der Waals surface area contributed by atoms with Crippen molar-refractivity contribution >= 4 is 46.1 Å². The van der Waals surface area contributed by atoms with E-state index in [4.69, 9.17) is 28.9 Å². The number of aromatic amines is 2. The van der Waals surface area contributed by atoms with Crippen molar-refractivity contribution in [2.45, 2.75) is 190 Å². The number of methoxy groups -OCH3 is 4. The van der Waals surface area contributed by atoms with Crippen LogP contribution in [0.2, 0.25) is 0 Å². The van der Waals surface area contributed by atoms with Crippen molar-refractivity contribution in [3.63, 3.8) is 0 Å². The molecule has 2 aliphatic heterocycles. The van der Waals surface area contributed by atoms with Gasteiger partial charge in [0.25, 0.3) is 0 Å². The molecular weight excluding hydrogens is 937 g/mol. The number of likely N-dealkylation sites (tertiary alicyclic amines) is 2. The molecule has 400 valence electrons. The van der Waals surface area contributed by atoms with E-state index in [-0.39, 0.29) is 36.0 Å². The van der Waals surface area contributed by atoms with Crippen molar-refractivity contribution in [2.75, 3.05) is 28.4 Å². The quantitative estimate of drug-likeness (QED) is 0.106. The number of carbonyl (C=O) groups is 4. The minimum atomic E-state index is -0.879. The van der Waals surface area contributed by atoms with Gasteiger partial charge >= 0.3 is 12.2 Å². The molecule has 8 aliphatic rings. The molecule has 5 unspecified atom stereocenters. The molecule has 0 spiro atoms. The van der Waals surface area contributed by atoms with E-state index in [1.54, 1.807) is 14.2 Å². The van der Waals surface area contributed by atoms with Crippen molar-refractivity contribution in [1.82, 2.24) is 40.4 Å². The van der Waals surface area contributed by atoms with E-state index in [0.717, 1.165) is 97.9 Å². The Kier molecular flexibility index (Phi) is 14.7. The van der Waals surface area contributed by atoms with E-state index in [1.807, 2.05) is 23.6 Å². The fourth-order valence-corrected chi connectivity index (χ4v) is 16.1. The minimum absolute atomic E-state index is 0.0889. The van der Waals surface area contributed by atoms with Gasteiger partial charge in [-0.2, -0.15) is 0 Å². The maximum absolute atomic E-state index is 14.6. The Morgan fingerprint density at radius 3 is 1.55 bits per heavy atom. The van der Waals surface area contributed by atoms with Crippen molar-refractivity contribution in [2.24, 2.45) is 35.5 Å². The molecule has 6 aliphatic carbocycles. The average molecular weight is 1020 g/mol. The number of nitrogens with zero attached hydrogens (tertiary/aromatic N) is 4. The van der Waals surface area contributed by atoms with Gasteiger partial charge in [-0.25, -0.2) is 19.6 Å². The molecule has 4 amide bonds. The van der Waals surface area contributed by atoms with Gasteiger partial charge in [0.1, 0.15) is 23.7 Å². The smallest absolute Gasteiger partial charge is 0.407 e. The highest BCUT2D eigenvalue weighted by atomic mass is 16.5. The number of benzene rings is 2. The second-order valence-corrected chi connectivity index (χ2v) is 23.6. The number of ether oxygens (including phenoxy) is 4. The maximum atomic E-state index is 14.6. The molecule has 6 saturated carbocycles. The molecular formula is C58H80N8O8. The minimum Gasteiger partial charge on any atom is -0.453 e. The zero-order valence-corrected chi connectivity index (χ0v) is 44.5. The summed E-state index contributed by atoms with van der Waals surface area (Å²) in [6.45, 7) is 3.63. The largest absolute Gasteiger partial charge is 0.453 e. The lowest BCUT2D eigenvalue weighted by Crippen LogP contribution is -2.56. The van der Waals surface area contributed by atoms with Crippen LogP contribution >= 0.6 is 0 Å². The third kappa shape index (κ3) is 9.57. The van der Waals surface area contributed by atoms with E-state index in [0.29, 0.717) is 47.3 Å². The van der Waals surface area contributed by atoms with Crippen LogP contribution < -0.4 is 10.6 Å². The number of H-pyrrole nitrogens is 2. The third-order valence-corrected chi connectivity index (χ3v) is 19.9. The number of hydrogen-bond donors (Lipinski definition) is 4. The molecule has 12 rings (SSSR count). The lowest BCUT2D eigenvalue weighted by molar-refractivity contribution is -0.141. The zero-order chi connectivity index (χ0) is 51.4. The van der Waals surface area contributed by atoms with Gasteiger partial charge in [0, 0.05) is 26.3 Å². The standard InChI is InChI=1S/C58H80N8O8/c1-31(71-3)51(63-57(69)73-5)55(67)65-47-13-9-7-11-38(47)29-49(65)53-59-43-23-19-36(27-45(43)61-53)41-22-18-35-25-33-15-16-34(17-21-40(35)41)42(26-33)37-20-24-44-46(28-37)62-54(60-44)50-30-39-12-8-10-14-48(39)66(50)56(68)52(32(2)72-4)64-58(70)74-6/h19-20,23-24,27-28,31-35,38-42,47-52H,7-18,21-22,25-26,29-30H2,1-6H3,(H,59,61)(H,60,62)(H,63,69)(H,64,70)/t31-,32-,33+,34-,35?,38+,39+,40?,41?,42?,47+,48+,49?,50+,51+,52+/m1/s1. The highest BCUT2D eigenvalue weighted by Crippen LogP contribution is 2.56. The Labute approximate surface area is 435 Å². The number of imidazole rings is 2. The SMILES string of the molecule is COC(=O)N[C@H](C(=O)N1C(c2nc3ccc(C4CCC5C[C@@H]6CC[C@H](CCC54)C(c4ccc5nc([C@@H]7C[C@@H]8CCCC[C@@H]8N7C(=O)[C@@H](NC(=O)OC)[C@@H](C)OC)[nH]c5c4)C6)cc3[nH]2)C[C@@H]2CCCC[C@@H]21)[C@@H](C)OC. The van der Waals surface area contributed by atoms with Gasteiger partial charge in [-0.05, 0) is 180 Å². The van der Waals surface area contributed by atoms with Gasteiger partial charge in [0.2, 0.25) is 11.8 Å². The van der Waals surface area contributed by atoms with Crippen LogP contribution in [0.4, 0.5) is 9.59 Å². The monoisotopic (exact) mass is 1020 g/mol. The summed E-state index contributed by atoms with van der Waals surface area (Å²) in [4.78, 5) is 76.1. The molecule has 74 heavy (non-hydrogen) atoms. The van der Waals surface area contributed by atoms with Gasteiger partial charge in [-0.1, -0.05) is 44.2 Å². The van der Waals surface area contributed by atoms with Crippen LogP contribution in [-0.4, -0.2) is 119 Å². The van der Waals surface area contributed by atoms with Crippen LogP contribution in [-0.2, 0) is 28.5 Å². The van der Waals surface area contributed by atoms with Crippen LogP contribution in [0.3, 0.4) is 0 Å². The summed E-state index contributed by atoms with van der Waals surface area (Å²) >= 11 is 0. The van der Waals surface area contributed by atoms with Crippen molar-refractivity contribution < 1.29 is 38.1 Å². The summed E-state index contributed by atoms with van der Waals surface area (Å²) in [6, 6.07) is 11.8. The molecule has 4 aromatic rings. The van der Waals surface area contributed by atoms with Crippen LogP contribution in [0.15, 0.2) is 36.4 Å². The van der Waals surface area contributed by atoms with Gasteiger partial charge in [0.15, 0.2) is 0 Å². The molecule has 2 aromatic heterocycles.